The maximum atomic E-state index is 12.7. The van der Waals surface area contributed by atoms with E-state index in [1.165, 1.54) is 10.6 Å². The molecule has 0 radical (unpaired) electrons. The number of hydrogen-bond donors (Lipinski definition) is 0. The monoisotopic (exact) mass is 306 g/mol. The van der Waals surface area contributed by atoms with Crippen LogP contribution in [0.4, 0.5) is 13.2 Å². The Morgan fingerprint density at radius 2 is 1.94 bits per heavy atom. The van der Waals surface area contributed by atoms with Crippen molar-refractivity contribution in [2.24, 2.45) is 0 Å². The van der Waals surface area contributed by atoms with E-state index < -0.39 is 11.7 Å². The third kappa shape index (κ3) is 2.18. The normalized spacial score (nSPS) is 12.6. The molecule has 0 fully saturated rings. The molecule has 0 aliphatic carbocycles. The van der Waals surface area contributed by atoms with Crippen LogP contribution in [0.1, 0.15) is 31.0 Å². The van der Waals surface area contributed by atoms with E-state index in [1.807, 2.05) is 13.8 Å². The maximum Gasteiger partial charge on any atom is 0.419 e. The second kappa shape index (κ2) is 4.01. The van der Waals surface area contributed by atoms with E-state index in [1.54, 1.807) is 6.07 Å². The highest BCUT2D eigenvalue weighted by atomic mass is 79.9. The molecule has 0 N–H and O–H groups in total. The van der Waals surface area contributed by atoms with E-state index >= 15 is 0 Å². The average Bonchev–Trinajstić information content (AvgIpc) is 2.60. The third-order valence-corrected chi connectivity index (χ3v) is 3.24. The van der Waals surface area contributed by atoms with Gasteiger partial charge in [-0.05, 0) is 40.0 Å². The van der Waals surface area contributed by atoms with Gasteiger partial charge in [0.2, 0.25) is 0 Å². The summed E-state index contributed by atoms with van der Waals surface area (Å²) in [7, 11) is 0. The van der Waals surface area contributed by atoms with Crippen LogP contribution in [0.5, 0.6) is 0 Å². The molecule has 0 unspecified atom stereocenters. The molecule has 0 saturated heterocycles. The zero-order valence-corrected chi connectivity index (χ0v) is 10.8. The third-order valence-electron chi connectivity index (χ3n) is 2.48. The van der Waals surface area contributed by atoms with Crippen molar-refractivity contribution in [3.63, 3.8) is 0 Å². The van der Waals surface area contributed by atoms with Crippen LogP contribution in [0.25, 0.3) is 5.52 Å². The van der Waals surface area contributed by atoms with Crippen LogP contribution in [0.3, 0.4) is 0 Å². The summed E-state index contributed by atoms with van der Waals surface area (Å²) in [6, 6.07) is 4.27. The van der Waals surface area contributed by atoms with Gasteiger partial charge < -0.3 is 0 Å². The quantitative estimate of drug-likeness (QED) is 0.720. The topological polar surface area (TPSA) is 17.3 Å². The zero-order valence-electron chi connectivity index (χ0n) is 9.22. The lowest BCUT2D eigenvalue weighted by atomic mass is 10.1. The minimum Gasteiger partial charge on any atom is -0.226 e. The first-order valence-corrected chi connectivity index (χ1v) is 5.85. The highest BCUT2D eigenvalue weighted by Crippen LogP contribution is 2.35. The summed E-state index contributed by atoms with van der Waals surface area (Å²) in [4.78, 5) is 0. The van der Waals surface area contributed by atoms with Gasteiger partial charge in [0.05, 0.1) is 16.8 Å². The van der Waals surface area contributed by atoms with E-state index in [-0.39, 0.29) is 10.5 Å². The van der Waals surface area contributed by atoms with Gasteiger partial charge >= 0.3 is 6.18 Å². The zero-order chi connectivity index (χ0) is 12.8. The van der Waals surface area contributed by atoms with Crippen LogP contribution < -0.4 is 0 Å². The Balaban J connectivity index is 2.67. The number of pyridine rings is 1. The molecule has 2 nitrogen and oxygen atoms in total. The fourth-order valence-electron chi connectivity index (χ4n) is 1.54. The number of nitrogens with zero attached hydrogens (tertiary/aromatic N) is 2. The van der Waals surface area contributed by atoms with Crippen molar-refractivity contribution in [2.75, 3.05) is 0 Å². The molecule has 0 aliphatic heterocycles. The number of halogens is 4. The van der Waals surface area contributed by atoms with Crippen LogP contribution in [-0.4, -0.2) is 9.61 Å². The predicted octanol–water partition coefficient (Wildman–Crippen LogP) is 4.24. The molecule has 0 amide bonds. The smallest absolute Gasteiger partial charge is 0.226 e. The molecule has 2 aromatic rings. The van der Waals surface area contributed by atoms with Crippen molar-refractivity contribution >= 4 is 21.4 Å². The Kier molecular flexibility index (Phi) is 2.93. The van der Waals surface area contributed by atoms with Gasteiger partial charge in [-0.1, -0.05) is 13.8 Å². The Labute approximate surface area is 105 Å². The lowest BCUT2D eigenvalue weighted by Crippen LogP contribution is -2.09. The van der Waals surface area contributed by atoms with Gasteiger partial charge in [-0.25, -0.2) is 4.52 Å². The van der Waals surface area contributed by atoms with Crippen LogP contribution in [0, 0.1) is 0 Å². The minimum absolute atomic E-state index is 0.0607. The standard InChI is InChI=1S/C11H10BrF3N2/c1-6(2)9-5-7-3-4-8(11(13,14)15)10(12)17(7)16-9/h3-6H,1-2H3. The first-order valence-electron chi connectivity index (χ1n) is 5.06. The molecule has 0 atom stereocenters. The highest BCUT2D eigenvalue weighted by molar-refractivity contribution is 9.10. The Hall–Kier alpha value is -1.04. The number of fused-ring (bicyclic) bond motifs is 1. The molecular formula is C11H10BrF3N2. The maximum absolute atomic E-state index is 12.7. The van der Waals surface area contributed by atoms with E-state index in [9.17, 15) is 13.2 Å². The molecular weight excluding hydrogens is 297 g/mol. The largest absolute Gasteiger partial charge is 0.419 e. The highest BCUT2D eigenvalue weighted by Gasteiger charge is 2.34. The molecule has 0 saturated carbocycles. The summed E-state index contributed by atoms with van der Waals surface area (Å²) in [5.41, 5.74) is 0.696. The summed E-state index contributed by atoms with van der Waals surface area (Å²) < 4.78 is 39.2. The van der Waals surface area contributed by atoms with Crippen LogP contribution in [-0.2, 0) is 6.18 Å². The van der Waals surface area contributed by atoms with Crippen molar-refractivity contribution in [1.29, 1.82) is 0 Å². The Morgan fingerprint density at radius 1 is 1.29 bits per heavy atom. The number of rotatable bonds is 1. The molecule has 17 heavy (non-hydrogen) atoms. The summed E-state index contributed by atoms with van der Waals surface area (Å²) in [6.45, 7) is 3.89. The van der Waals surface area contributed by atoms with Crippen molar-refractivity contribution in [2.45, 2.75) is 25.9 Å². The summed E-state index contributed by atoms with van der Waals surface area (Å²) in [5.74, 6) is 0.177. The van der Waals surface area contributed by atoms with Crippen LogP contribution in [0.15, 0.2) is 22.8 Å². The van der Waals surface area contributed by atoms with Gasteiger partial charge in [0.15, 0.2) is 0 Å². The summed E-state index contributed by atoms with van der Waals surface area (Å²) >= 11 is 2.96. The van der Waals surface area contributed by atoms with Crippen LogP contribution >= 0.6 is 15.9 Å². The fraction of sp³-hybridized carbons (Fsp3) is 0.364. The number of hydrogen-bond acceptors (Lipinski definition) is 1. The van der Waals surface area contributed by atoms with Gasteiger partial charge in [-0.15, -0.1) is 0 Å². The Bertz CT molecular complexity index is 558. The SMILES string of the molecule is CC(C)c1cc2ccc(C(F)(F)F)c(Br)n2n1. The van der Waals surface area contributed by atoms with Crippen molar-refractivity contribution < 1.29 is 13.2 Å². The van der Waals surface area contributed by atoms with Gasteiger partial charge in [0.25, 0.3) is 0 Å². The second-order valence-electron chi connectivity index (χ2n) is 4.10. The van der Waals surface area contributed by atoms with Gasteiger partial charge in [0.1, 0.15) is 4.60 Å². The first kappa shape index (κ1) is 12.4. The van der Waals surface area contributed by atoms with E-state index in [4.69, 9.17) is 0 Å². The fourth-order valence-corrected chi connectivity index (χ4v) is 2.18. The minimum atomic E-state index is -4.38. The van der Waals surface area contributed by atoms with Crippen molar-refractivity contribution in [3.8, 4) is 0 Å². The molecule has 0 bridgehead atoms. The van der Waals surface area contributed by atoms with Crippen molar-refractivity contribution in [3.05, 3.63) is 34.1 Å². The molecule has 2 aromatic heterocycles. The van der Waals surface area contributed by atoms with Crippen LogP contribution in [0.2, 0.25) is 0 Å². The lowest BCUT2D eigenvalue weighted by molar-refractivity contribution is -0.138. The van der Waals surface area contributed by atoms with E-state index in [2.05, 4.69) is 21.0 Å². The Morgan fingerprint density at radius 3 is 2.47 bits per heavy atom. The first-order chi connectivity index (χ1) is 7.80. The number of aromatic nitrogens is 2. The molecule has 0 spiro atoms. The molecule has 6 heteroatoms. The molecule has 0 aromatic carbocycles. The van der Waals surface area contributed by atoms with E-state index in [0.717, 1.165) is 11.8 Å². The molecule has 2 rings (SSSR count). The molecule has 92 valence electrons. The van der Waals surface area contributed by atoms with Crippen molar-refractivity contribution in [1.82, 2.24) is 9.61 Å². The predicted molar refractivity (Wildman–Crippen MR) is 62.0 cm³/mol. The average molecular weight is 307 g/mol. The summed E-state index contributed by atoms with van der Waals surface area (Å²) in [5, 5.41) is 4.16. The lowest BCUT2D eigenvalue weighted by Gasteiger charge is -2.09. The number of alkyl halides is 3. The summed E-state index contributed by atoms with van der Waals surface area (Å²) in [6.07, 6.45) is -4.38. The van der Waals surface area contributed by atoms with Gasteiger partial charge in [0, 0.05) is 0 Å². The van der Waals surface area contributed by atoms with Gasteiger partial charge in [-0.3, -0.25) is 0 Å². The molecule has 0 aliphatic rings. The second-order valence-corrected chi connectivity index (χ2v) is 4.85. The molecule has 2 heterocycles. The van der Waals surface area contributed by atoms with Gasteiger partial charge in [-0.2, -0.15) is 18.3 Å². The van der Waals surface area contributed by atoms with E-state index in [0.29, 0.717) is 5.52 Å².